The highest BCUT2D eigenvalue weighted by Crippen LogP contribution is 2.66. The number of benzene rings is 3. The Morgan fingerprint density at radius 1 is 0.675 bits per heavy atom. The van der Waals surface area contributed by atoms with Crippen LogP contribution in [0.25, 0.3) is 0 Å². The van der Waals surface area contributed by atoms with Crippen LogP contribution in [-0.2, 0) is 18.5 Å². The number of hydrogen-bond donors (Lipinski definition) is 2. The first-order chi connectivity index (χ1) is 19.3. The summed E-state index contributed by atoms with van der Waals surface area (Å²) < 4.78 is 0. The van der Waals surface area contributed by atoms with Gasteiger partial charge in [0.1, 0.15) is 0 Å². The SMILES string of the molecule is CN(C)c1ccc(CNCCC23C[C@H]4C[C@@H](C2)CC(c2ccc(NCc5ccc(N(C)C)cc5)cc2)(C4)C3)cc1. The van der Waals surface area contributed by atoms with Crippen LogP contribution in [-0.4, -0.2) is 34.7 Å². The lowest BCUT2D eigenvalue weighted by Crippen LogP contribution is -2.54. The lowest BCUT2D eigenvalue weighted by atomic mass is 9.42. The Hall–Kier alpha value is -2.98. The van der Waals surface area contributed by atoms with Crippen LogP contribution in [0.5, 0.6) is 0 Å². The van der Waals surface area contributed by atoms with E-state index in [4.69, 9.17) is 0 Å². The zero-order valence-electron chi connectivity index (χ0n) is 25.0. The molecule has 4 fully saturated rings. The first-order valence-electron chi connectivity index (χ1n) is 15.4. The van der Waals surface area contributed by atoms with Crippen LogP contribution in [0, 0.1) is 17.3 Å². The minimum absolute atomic E-state index is 0.395. The van der Waals surface area contributed by atoms with Gasteiger partial charge < -0.3 is 20.4 Å². The third kappa shape index (κ3) is 5.74. The van der Waals surface area contributed by atoms with Crippen molar-refractivity contribution in [3.63, 3.8) is 0 Å². The van der Waals surface area contributed by atoms with Gasteiger partial charge in [0.05, 0.1) is 0 Å². The average Bonchev–Trinajstić information content (AvgIpc) is 2.94. The topological polar surface area (TPSA) is 30.5 Å². The summed E-state index contributed by atoms with van der Waals surface area (Å²) in [6.07, 6.45) is 9.90. The maximum atomic E-state index is 3.80. The highest BCUT2D eigenvalue weighted by molar-refractivity contribution is 5.50. The van der Waals surface area contributed by atoms with Crippen molar-refractivity contribution in [2.45, 2.75) is 63.5 Å². The molecule has 3 aromatic rings. The van der Waals surface area contributed by atoms with Gasteiger partial charge in [0.25, 0.3) is 0 Å². The van der Waals surface area contributed by atoms with Gasteiger partial charge in [-0.1, -0.05) is 36.4 Å². The van der Waals surface area contributed by atoms with Crippen molar-refractivity contribution >= 4 is 17.1 Å². The molecule has 0 radical (unpaired) electrons. The molecule has 3 aromatic carbocycles. The zero-order valence-corrected chi connectivity index (χ0v) is 25.0. The van der Waals surface area contributed by atoms with Crippen LogP contribution >= 0.6 is 0 Å². The van der Waals surface area contributed by atoms with Crippen LogP contribution in [0.2, 0.25) is 0 Å². The molecule has 4 aliphatic rings. The van der Waals surface area contributed by atoms with E-state index in [0.717, 1.165) is 31.5 Å². The fraction of sp³-hybridized carbons (Fsp3) is 0.500. The summed E-state index contributed by atoms with van der Waals surface area (Å²) in [4.78, 5) is 4.31. The van der Waals surface area contributed by atoms with E-state index in [0.29, 0.717) is 10.8 Å². The molecule has 4 heteroatoms. The number of anilines is 3. The molecule has 4 nitrogen and oxygen atoms in total. The Bertz CT molecular complexity index is 1250. The molecule has 4 bridgehead atoms. The quantitative estimate of drug-likeness (QED) is 0.249. The molecule has 4 saturated carbocycles. The average molecular weight is 537 g/mol. The first kappa shape index (κ1) is 27.2. The third-order valence-corrected chi connectivity index (χ3v) is 10.2. The molecule has 0 amide bonds. The standard InChI is InChI=1S/C36H48N4/c1-39(2)33-13-5-27(6-14-33)24-37-18-17-35-20-29-19-30(21-35)23-36(22-29,26-35)31-9-11-32(12-10-31)38-25-28-7-15-34(16-8-28)40(3)4/h5-16,29-30,37-38H,17-26H2,1-4H3/t29-,30+,35?,36?. The molecule has 2 unspecified atom stereocenters. The van der Waals surface area contributed by atoms with E-state index in [1.807, 2.05) is 0 Å². The van der Waals surface area contributed by atoms with Crippen LogP contribution in [0.15, 0.2) is 72.8 Å². The van der Waals surface area contributed by atoms with Crippen molar-refractivity contribution in [3.8, 4) is 0 Å². The van der Waals surface area contributed by atoms with Gasteiger partial charge in [0, 0.05) is 58.3 Å². The van der Waals surface area contributed by atoms with E-state index in [2.05, 4.69) is 121 Å². The largest absolute Gasteiger partial charge is 0.381 e. The van der Waals surface area contributed by atoms with Crippen LogP contribution < -0.4 is 20.4 Å². The summed E-state index contributed by atoms with van der Waals surface area (Å²) in [5.74, 6) is 1.84. The fourth-order valence-electron chi connectivity index (χ4n) is 8.64. The molecule has 0 saturated heterocycles. The van der Waals surface area contributed by atoms with Gasteiger partial charge in [-0.15, -0.1) is 0 Å². The molecule has 40 heavy (non-hydrogen) atoms. The lowest BCUT2D eigenvalue weighted by molar-refractivity contribution is -0.0757. The van der Waals surface area contributed by atoms with Crippen molar-refractivity contribution in [2.75, 3.05) is 49.9 Å². The normalized spacial score (nSPS) is 26.6. The predicted octanol–water partition coefficient (Wildman–Crippen LogP) is 7.45. The minimum Gasteiger partial charge on any atom is -0.381 e. The maximum absolute atomic E-state index is 3.80. The zero-order chi connectivity index (χ0) is 27.7. The van der Waals surface area contributed by atoms with E-state index in [-0.39, 0.29) is 0 Å². The fourth-order valence-corrected chi connectivity index (χ4v) is 8.64. The van der Waals surface area contributed by atoms with Gasteiger partial charge in [-0.05, 0) is 127 Å². The first-order valence-corrected chi connectivity index (χ1v) is 15.4. The Morgan fingerprint density at radius 3 is 1.77 bits per heavy atom. The Labute approximate surface area is 242 Å². The molecule has 4 aliphatic carbocycles. The predicted molar refractivity (Wildman–Crippen MR) is 170 cm³/mol. The van der Waals surface area contributed by atoms with Gasteiger partial charge in [-0.25, -0.2) is 0 Å². The lowest BCUT2D eigenvalue weighted by Gasteiger charge is -2.63. The van der Waals surface area contributed by atoms with Crippen molar-refractivity contribution in [1.82, 2.24) is 5.32 Å². The number of hydrogen-bond acceptors (Lipinski definition) is 4. The smallest absolute Gasteiger partial charge is 0.0400 e. The van der Waals surface area contributed by atoms with E-state index in [1.54, 1.807) is 5.56 Å². The number of nitrogens with one attached hydrogen (secondary N) is 2. The van der Waals surface area contributed by atoms with Gasteiger partial charge in [-0.3, -0.25) is 0 Å². The number of rotatable bonds is 11. The molecule has 0 heterocycles. The molecular formula is C36H48N4. The maximum Gasteiger partial charge on any atom is 0.0400 e. The summed E-state index contributed by atoms with van der Waals surface area (Å²) >= 11 is 0. The Balaban J connectivity index is 1.06. The van der Waals surface area contributed by atoms with E-state index >= 15 is 0 Å². The molecule has 2 N–H and O–H groups in total. The van der Waals surface area contributed by atoms with Crippen molar-refractivity contribution in [1.29, 1.82) is 0 Å². The van der Waals surface area contributed by atoms with Crippen molar-refractivity contribution in [2.24, 2.45) is 17.3 Å². The molecular weight excluding hydrogens is 488 g/mol. The number of nitrogens with zero attached hydrogens (tertiary/aromatic N) is 2. The summed E-state index contributed by atoms with van der Waals surface area (Å²) in [5, 5.41) is 7.45. The second kappa shape index (κ2) is 11.1. The molecule has 0 aliphatic heterocycles. The highest BCUT2D eigenvalue weighted by Gasteiger charge is 2.57. The monoisotopic (exact) mass is 536 g/mol. The Kier molecular flexibility index (Phi) is 7.56. The molecule has 4 atom stereocenters. The van der Waals surface area contributed by atoms with Crippen LogP contribution in [0.1, 0.15) is 61.6 Å². The van der Waals surface area contributed by atoms with Crippen molar-refractivity contribution in [3.05, 3.63) is 89.5 Å². The van der Waals surface area contributed by atoms with Gasteiger partial charge >= 0.3 is 0 Å². The summed E-state index contributed by atoms with van der Waals surface area (Å²) in [6.45, 7) is 2.96. The molecule has 0 aromatic heterocycles. The molecule has 0 spiro atoms. The summed E-state index contributed by atoms with van der Waals surface area (Å²) in [5.41, 5.74) is 8.95. The van der Waals surface area contributed by atoms with Gasteiger partial charge in [0.15, 0.2) is 0 Å². The van der Waals surface area contributed by atoms with Gasteiger partial charge in [0.2, 0.25) is 0 Å². The summed E-state index contributed by atoms with van der Waals surface area (Å²) in [6, 6.07) is 27.4. The van der Waals surface area contributed by atoms with E-state index < -0.39 is 0 Å². The second-order valence-corrected chi connectivity index (χ2v) is 13.7. The minimum atomic E-state index is 0.395. The van der Waals surface area contributed by atoms with Crippen LogP contribution in [0.3, 0.4) is 0 Å². The van der Waals surface area contributed by atoms with Crippen LogP contribution in [0.4, 0.5) is 17.1 Å². The highest BCUT2D eigenvalue weighted by atomic mass is 15.1. The third-order valence-electron chi connectivity index (χ3n) is 10.2. The van der Waals surface area contributed by atoms with Gasteiger partial charge in [-0.2, -0.15) is 0 Å². The molecule has 212 valence electrons. The molecule has 7 rings (SSSR count). The van der Waals surface area contributed by atoms with E-state index in [1.165, 1.54) is 73.1 Å². The summed E-state index contributed by atoms with van der Waals surface area (Å²) in [7, 11) is 8.38. The Morgan fingerprint density at radius 2 is 1.23 bits per heavy atom. The van der Waals surface area contributed by atoms with E-state index in [9.17, 15) is 0 Å². The second-order valence-electron chi connectivity index (χ2n) is 13.7. The van der Waals surface area contributed by atoms with Crippen molar-refractivity contribution < 1.29 is 0 Å².